The maximum absolute atomic E-state index is 5.84. The van der Waals surface area contributed by atoms with Gasteiger partial charge in [0.15, 0.2) is 0 Å². The van der Waals surface area contributed by atoms with E-state index in [0.29, 0.717) is 26.4 Å². The zero-order valence-electron chi connectivity index (χ0n) is 9.78. The van der Waals surface area contributed by atoms with E-state index < -0.39 is 0 Å². The van der Waals surface area contributed by atoms with E-state index >= 15 is 0 Å². The Labute approximate surface area is 101 Å². The van der Waals surface area contributed by atoms with Gasteiger partial charge in [-0.25, -0.2) is 0 Å². The molecule has 0 saturated carbocycles. The molecule has 2 aliphatic heterocycles. The van der Waals surface area contributed by atoms with Gasteiger partial charge in [-0.3, -0.25) is 0 Å². The van der Waals surface area contributed by atoms with Crippen molar-refractivity contribution in [1.29, 1.82) is 0 Å². The fraction of sp³-hybridized carbons (Fsp3) is 0.538. The first kappa shape index (κ1) is 11.0. The van der Waals surface area contributed by atoms with Gasteiger partial charge in [0.05, 0.1) is 19.8 Å². The number of ether oxygens (including phenoxy) is 3. The summed E-state index contributed by atoms with van der Waals surface area (Å²) < 4.78 is 16.7. The van der Waals surface area contributed by atoms with Crippen molar-refractivity contribution in [3.8, 4) is 5.75 Å². The van der Waals surface area contributed by atoms with Crippen LogP contribution in [0.2, 0.25) is 0 Å². The van der Waals surface area contributed by atoms with E-state index in [1.165, 1.54) is 11.1 Å². The predicted molar refractivity (Wildman–Crippen MR) is 63.0 cm³/mol. The normalized spacial score (nSPS) is 23.4. The van der Waals surface area contributed by atoms with Gasteiger partial charge < -0.3 is 19.5 Å². The molecule has 1 aromatic rings. The molecule has 1 fully saturated rings. The second kappa shape index (κ2) is 5.04. The molecule has 2 aliphatic rings. The summed E-state index contributed by atoms with van der Waals surface area (Å²) in [6, 6.07) is 6.21. The van der Waals surface area contributed by atoms with Crippen LogP contribution in [0.4, 0.5) is 0 Å². The van der Waals surface area contributed by atoms with Crippen LogP contribution in [0.5, 0.6) is 5.75 Å². The smallest absolute Gasteiger partial charge is 0.124 e. The lowest BCUT2D eigenvalue weighted by atomic mass is 10.1. The standard InChI is InChI=1S/C13H17NO3/c1-2-10-6-14-7-12(10)13(3-1)17-9-11-8-15-4-5-16-11/h1-3,11,14H,4-9H2. The third-order valence-electron chi connectivity index (χ3n) is 3.16. The summed E-state index contributed by atoms with van der Waals surface area (Å²) in [5.41, 5.74) is 2.62. The summed E-state index contributed by atoms with van der Waals surface area (Å²) in [4.78, 5) is 0. The van der Waals surface area contributed by atoms with Crippen molar-refractivity contribution in [2.45, 2.75) is 19.2 Å². The number of nitrogens with one attached hydrogen (secondary N) is 1. The first-order valence-electron chi connectivity index (χ1n) is 6.07. The van der Waals surface area contributed by atoms with Crippen molar-refractivity contribution in [3.05, 3.63) is 29.3 Å². The molecule has 0 bridgehead atoms. The summed E-state index contributed by atoms with van der Waals surface area (Å²) in [7, 11) is 0. The lowest BCUT2D eigenvalue weighted by Gasteiger charge is -2.23. The SMILES string of the molecule is c1cc2c(c(OCC3COCCO3)c1)CNC2. The first-order valence-corrected chi connectivity index (χ1v) is 6.07. The molecule has 92 valence electrons. The van der Waals surface area contributed by atoms with Crippen LogP contribution in [-0.4, -0.2) is 32.5 Å². The zero-order chi connectivity index (χ0) is 11.5. The van der Waals surface area contributed by atoms with Gasteiger partial charge >= 0.3 is 0 Å². The highest BCUT2D eigenvalue weighted by Gasteiger charge is 2.18. The molecule has 4 heteroatoms. The van der Waals surface area contributed by atoms with Crippen LogP contribution in [0, 0.1) is 0 Å². The molecule has 3 rings (SSSR count). The van der Waals surface area contributed by atoms with Crippen LogP contribution >= 0.6 is 0 Å². The van der Waals surface area contributed by atoms with Crippen LogP contribution in [0.15, 0.2) is 18.2 Å². The van der Waals surface area contributed by atoms with Crippen molar-refractivity contribution in [2.75, 3.05) is 26.4 Å². The highest BCUT2D eigenvalue weighted by atomic mass is 16.6. The van der Waals surface area contributed by atoms with Crippen molar-refractivity contribution in [3.63, 3.8) is 0 Å². The minimum atomic E-state index is 0.0639. The highest BCUT2D eigenvalue weighted by molar-refractivity contribution is 5.42. The average Bonchev–Trinajstić information content (AvgIpc) is 2.86. The number of hydrogen-bond acceptors (Lipinski definition) is 4. The van der Waals surface area contributed by atoms with E-state index in [9.17, 15) is 0 Å². The monoisotopic (exact) mass is 235 g/mol. The molecule has 0 aliphatic carbocycles. The minimum absolute atomic E-state index is 0.0639. The average molecular weight is 235 g/mol. The fourth-order valence-electron chi connectivity index (χ4n) is 2.25. The Hall–Kier alpha value is -1.10. The van der Waals surface area contributed by atoms with Gasteiger partial charge in [-0.05, 0) is 11.6 Å². The van der Waals surface area contributed by atoms with Gasteiger partial charge in [-0.1, -0.05) is 12.1 Å². The van der Waals surface area contributed by atoms with Crippen LogP contribution in [0.1, 0.15) is 11.1 Å². The van der Waals surface area contributed by atoms with Gasteiger partial charge in [-0.15, -0.1) is 0 Å². The molecule has 0 amide bonds. The Balaban J connectivity index is 1.63. The molecular weight excluding hydrogens is 218 g/mol. The van der Waals surface area contributed by atoms with Gasteiger partial charge in [-0.2, -0.15) is 0 Å². The molecule has 1 atom stereocenters. The lowest BCUT2D eigenvalue weighted by molar-refractivity contribution is -0.101. The van der Waals surface area contributed by atoms with Gasteiger partial charge in [0.25, 0.3) is 0 Å². The van der Waals surface area contributed by atoms with E-state index in [1.54, 1.807) is 0 Å². The molecule has 1 saturated heterocycles. The predicted octanol–water partition coefficient (Wildman–Crippen LogP) is 1.08. The molecule has 1 unspecified atom stereocenters. The molecule has 4 nitrogen and oxygen atoms in total. The first-order chi connectivity index (χ1) is 8.43. The summed E-state index contributed by atoms with van der Waals surface area (Å²) in [6.07, 6.45) is 0.0639. The van der Waals surface area contributed by atoms with E-state index in [2.05, 4.69) is 11.4 Å². The molecular formula is C13H17NO3. The molecule has 1 N–H and O–H groups in total. The Kier molecular flexibility index (Phi) is 3.27. The second-order valence-electron chi connectivity index (χ2n) is 4.38. The Morgan fingerprint density at radius 2 is 2.29 bits per heavy atom. The van der Waals surface area contributed by atoms with Crippen molar-refractivity contribution in [2.24, 2.45) is 0 Å². The van der Waals surface area contributed by atoms with E-state index in [-0.39, 0.29) is 6.10 Å². The van der Waals surface area contributed by atoms with Crippen LogP contribution in [0.25, 0.3) is 0 Å². The van der Waals surface area contributed by atoms with Crippen molar-refractivity contribution >= 4 is 0 Å². The summed E-state index contributed by atoms with van der Waals surface area (Å²) in [5.74, 6) is 0.974. The largest absolute Gasteiger partial charge is 0.490 e. The quantitative estimate of drug-likeness (QED) is 0.851. The highest BCUT2D eigenvalue weighted by Crippen LogP contribution is 2.26. The molecule has 17 heavy (non-hydrogen) atoms. The summed E-state index contributed by atoms with van der Waals surface area (Å²) in [6.45, 7) is 4.40. The Morgan fingerprint density at radius 3 is 3.18 bits per heavy atom. The van der Waals surface area contributed by atoms with Gasteiger partial charge in [0, 0.05) is 18.7 Å². The molecule has 0 aromatic heterocycles. The second-order valence-corrected chi connectivity index (χ2v) is 4.38. The van der Waals surface area contributed by atoms with Gasteiger partial charge in [0.1, 0.15) is 18.5 Å². The maximum atomic E-state index is 5.84. The van der Waals surface area contributed by atoms with E-state index in [0.717, 1.165) is 18.8 Å². The summed E-state index contributed by atoms with van der Waals surface area (Å²) >= 11 is 0. The zero-order valence-corrected chi connectivity index (χ0v) is 9.78. The topological polar surface area (TPSA) is 39.7 Å². The van der Waals surface area contributed by atoms with Crippen LogP contribution in [-0.2, 0) is 22.6 Å². The lowest BCUT2D eigenvalue weighted by Crippen LogP contribution is -2.33. The third-order valence-corrected chi connectivity index (χ3v) is 3.16. The molecule has 0 spiro atoms. The maximum Gasteiger partial charge on any atom is 0.124 e. The van der Waals surface area contributed by atoms with Gasteiger partial charge in [0.2, 0.25) is 0 Å². The van der Waals surface area contributed by atoms with Crippen molar-refractivity contribution < 1.29 is 14.2 Å². The summed E-state index contributed by atoms with van der Waals surface area (Å²) in [5, 5.41) is 3.33. The Bertz CT molecular complexity index is 388. The number of benzene rings is 1. The van der Waals surface area contributed by atoms with Crippen molar-refractivity contribution in [1.82, 2.24) is 5.32 Å². The number of fused-ring (bicyclic) bond motifs is 1. The third kappa shape index (κ3) is 2.44. The fourth-order valence-corrected chi connectivity index (χ4v) is 2.25. The molecule has 2 heterocycles. The molecule has 0 radical (unpaired) electrons. The van der Waals surface area contributed by atoms with Crippen LogP contribution < -0.4 is 10.1 Å². The Morgan fingerprint density at radius 1 is 1.29 bits per heavy atom. The van der Waals surface area contributed by atoms with E-state index in [4.69, 9.17) is 14.2 Å². The number of rotatable bonds is 3. The number of hydrogen-bond donors (Lipinski definition) is 1. The minimum Gasteiger partial charge on any atom is -0.490 e. The van der Waals surface area contributed by atoms with Crippen LogP contribution in [0.3, 0.4) is 0 Å². The molecule has 1 aromatic carbocycles. The van der Waals surface area contributed by atoms with E-state index in [1.807, 2.05) is 12.1 Å².